The molecule has 2 aromatic heterocycles. The van der Waals surface area contributed by atoms with Gasteiger partial charge in [-0.05, 0) is 0 Å². The number of H-pyrrole nitrogens is 1. The molecule has 25 heavy (non-hydrogen) atoms. The molecular weight excluding hydrogens is 326 g/mol. The number of nitrogens with zero attached hydrogens (tertiary/aromatic N) is 5. The number of piperazine rings is 1. The highest BCUT2D eigenvalue weighted by Crippen LogP contribution is 2.20. The van der Waals surface area contributed by atoms with Crippen molar-refractivity contribution in [2.45, 2.75) is 6.54 Å². The van der Waals surface area contributed by atoms with E-state index in [1.165, 1.54) is 4.57 Å². The lowest BCUT2D eigenvalue weighted by Crippen LogP contribution is -2.49. The minimum Gasteiger partial charge on any atom is -0.369 e. The number of hydrogen-bond donors (Lipinski definition) is 2. The van der Waals surface area contributed by atoms with Crippen molar-refractivity contribution < 1.29 is 4.79 Å². The highest BCUT2D eigenvalue weighted by atomic mass is 16.2. The van der Waals surface area contributed by atoms with E-state index in [0.29, 0.717) is 49.8 Å². The van der Waals surface area contributed by atoms with Crippen molar-refractivity contribution in [3.8, 4) is 0 Å². The summed E-state index contributed by atoms with van der Waals surface area (Å²) in [5.74, 6) is 0.259. The average molecular weight is 347 g/mol. The zero-order chi connectivity index (χ0) is 18.1. The first-order valence-corrected chi connectivity index (χ1v) is 7.98. The number of rotatable bonds is 5. The summed E-state index contributed by atoms with van der Waals surface area (Å²) in [5.41, 5.74) is 4.95. The summed E-state index contributed by atoms with van der Waals surface area (Å²) in [6, 6.07) is 0. The van der Waals surface area contributed by atoms with Crippen LogP contribution in [0.25, 0.3) is 11.2 Å². The lowest BCUT2D eigenvalue weighted by molar-refractivity contribution is -0.119. The van der Waals surface area contributed by atoms with E-state index in [9.17, 15) is 14.4 Å². The number of aromatic nitrogens is 4. The van der Waals surface area contributed by atoms with Gasteiger partial charge in [-0.25, -0.2) is 4.79 Å². The first-order chi connectivity index (χ1) is 11.9. The summed E-state index contributed by atoms with van der Waals surface area (Å²) in [6.45, 7) is 6.96. The quantitative estimate of drug-likeness (QED) is 0.617. The number of fused-ring (bicyclic) bond motifs is 1. The molecule has 1 aliphatic rings. The Morgan fingerprint density at radius 2 is 2.00 bits per heavy atom. The van der Waals surface area contributed by atoms with Crippen LogP contribution >= 0.6 is 0 Å². The molecule has 1 amide bonds. The summed E-state index contributed by atoms with van der Waals surface area (Å²) in [6.07, 6.45) is 1.68. The maximum atomic E-state index is 12.3. The Morgan fingerprint density at radius 1 is 1.32 bits per heavy atom. The fourth-order valence-electron chi connectivity index (χ4n) is 3.09. The van der Waals surface area contributed by atoms with Crippen LogP contribution in [-0.2, 0) is 18.4 Å². The number of carbonyl (C=O) groups is 1. The molecule has 0 aromatic carbocycles. The van der Waals surface area contributed by atoms with Crippen molar-refractivity contribution >= 4 is 23.0 Å². The van der Waals surface area contributed by atoms with Crippen LogP contribution in [0, 0.1) is 0 Å². The van der Waals surface area contributed by atoms with Crippen LogP contribution in [0.4, 0.5) is 5.95 Å². The van der Waals surface area contributed by atoms with Gasteiger partial charge in [0.25, 0.3) is 5.56 Å². The molecule has 0 atom stereocenters. The largest absolute Gasteiger partial charge is 0.369 e. The summed E-state index contributed by atoms with van der Waals surface area (Å²) < 4.78 is 3.08. The number of allylic oxidation sites excluding steroid dienone is 1. The third-order valence-corrected chi connectivity index (χ3v) is 4.33. The van der Waals surface area contributed by atoms with E-state index >= 15 is 0 Å². The summed E-state index contributed by atoms with van der Waals surface area (Å²) in [5, 5.41) is 0. The molecule has 0 aliphatic carbocycles. The topological polar surface area (TPSA) is 122 Å². The standard InChI is InChI=1S/C15H21N7O3/c1-3-4-22-11-12(19(2)15(25)18-13(11)24)17-14(22)21-7-5-20(6-8-21)9-10(16)23/h3H,1,4-9H2,2H3,(H2,16,23)(H,18,24,25). The van der Waals surface area contributed by atoms with E-state index in [1.54, 1.807) is 17.7 Å². The minimum absolute atomic E-state index is 0.227. The van der Waals surface area contributed by atoms with E-state index in [-0.39, 0.29) is 12.5 Å². The minimum atomic E-state index is -0.501. The Labute approximate surface area is 143 Å². The monoisotopic (exact) mass is 347 g/mol. The lowest BCUT2D eigenvalue weighted by Gasteiger charge is -2.34. The predicted octanol–water partition coefficient (Wildman–Crippen LogP) is -1.78. The van der Waals surface area contributed by atoms with Crippen molar-refractivity contribution in [3.63, 3.8) is 0 Å². The number of aromatic amines is 1. The normalized spacial score (nSPS) is 15.6. The van der Waals surface area contributed by atoms with Gasteiger partial charge in [-0.3, -0.25) is 24.0 Å². The Hall–Kier alpha value is -2.88. The highest BCUT2D eigenvalue weighted by molar-refractivity contribution is 5.76. The molecule has 0 unspecified atom stereocenters. The first kappa shape index (κ1) is 17.0. The molecule has 134 valence electrons. The molecule has 10 heteroatoms. The van der Waals surface area contributed by atoms with Crippen LogP contribution in [0.3, 0.4) is 0 Å². The van der Waals surface area contributed by atoms with Crippen LogP contribution in [0.1, 0.15) is 0 Å². The van der Waals surface area contributed by atoms with E-state index < -0.39 is 11.2 Å². The van der Waals surface area contributed by atoms with Crippen molar-refractivity contribution in [2.24, 2.45) is 12.8 Å². The smallest absolute Gasteiger partial charge is 0.329 e. The number of aryl methyl sites for hydroxylation is 1. The Morgan fingerprint density at radius 3 is 2.60 bits per heavy atom. The summed E-state index contributed by atoms with van der Waals surface area (Å²) >= 11 is 0. The molecule has 3 heterocycles. The van der Waals surface area contributed by atoms with E-state index in [0.717, 1.165) is 0 Å². The van der Waals surface area contributed by atoms with E-state index in [2.05, 4.69) is 16.5 Å². The van der Waals surface area contributed by atoms with Gasteiger partial charge in [-0.15, -0.1) is 6.58 Å². The van der Waals surface area contributed by atoms with Gasteiger partial charge in [-0.2, -0.15) is 4.98 Å². The number of imidazole rings is 1. The molecule has 0 bridgehead atoms. The van der Waals surface area contributed by atoms with Crippen molar-refractivity contribution in [3.05, 3.63) is 33.5 Å². The third kappa shape index (κ3) is 3.07. The zero-order valence-corrected chi connectivity index (χ0v) is 14.1. The number of nitrogens with two attached hydrogens (primary N) is 1. The van der Waals surface area contributed by atoms with Crippen LogP contribution in [0.15, 0.2) is 22.2 Å². The van der Waals surface area contributed by atoms with Gasteiger partial charge in [0, 0.05) is 39.8 Å². The van der Waals surface area contributed by atoms with Gasteiger partial charge in [0.15, 0.2) is 11.2 Å². The van der Waals surface area contributed by atoms with Gasteiger partial charge in [0.2, 0.25) is 11.9 Å². The van der Waals surface area contributed by atoms with E-state index in [4.69, 9.17) is 5.73 Å². The van der Waals surface area contributed by atoms with Gasteiger partial charge in [-0.1, -0.05) is 6.08 Å². The molecule has 0 spiro atoms. The first-order valence-electron chi connectivity index (χ1n) is 7.98. The van der Waals surface area contributed by atoms with Crippen LogP contribution in [0.2, 0.25) is 0 Å². The highest BCUT2D eigenvalue weighted by Gasteiger charge is 2.24. The van der Waals surface area contributed by atoms with Gasteiger partial charge in [0.1, 0.15) is 0 Å². The molecule has 10 nitrogen and oxygen atoms in total. The Kier molecular flexibility index (Phi) is 4.45. The second kappa shape index (κ2) is 6.55. The molecule has 1 fully saturated rings. The van der Waals surface area contributed by atoms with Gasteiger partial charge in [0.05, 0.1) is 6.54 Å². The second-order valence-electron chi connectivity index (χ2n) is 6.03. The van der Waals surface area contributed by atoms with Gasteiger partial charge < -0.3 is 15.2 Å². The van der Waals surface area contributed by atoms with E-state index in [1.807, 2.05) is 9.80 Å². The predicted molar refractivity (Wildman–Crippen MR) is 93.6 cm³/mol. The van der Waals surface area contributed by atoms with Crippen molar-refractivity contribution in [2.75, 3.05) is 37.6 Å². The third-order valence-electron chi connectivity index (χ3n) is 4.33. The number of hydrogen-bond acceptors (Lipinski definition) is 6. The van der Waals surface area contributed by atoms with Crippen molar-refractivity contribution in [1.82, 2.24) is 24.0 Å². The molecule has 0 radical (unpaired) electrons. The van der Waals surface area contributed by atoms with Crippen LogP contribution in [-0.4, -0.2) is 62.6 Å². The van der Waals surface area contributed by atoms with Crippen molar-refractivity contribution in [1.29, 1.82) is 0 Å². The number of anilines is 1. The maximum absolute atomic E-state index is 12.3. The summed E-state index contributed by atoms with van der Waals surface area (Å²) in [7, 11) is 1.57. The molecule has 3 rings (SSSR count). The molecule has 1 aliphatic heterocycles. The lowest BCUT2D eigenvalue weighted by atomic mass is 10.3. The fourth-order valence-corrected chi connectivity index (χ4v) is 3.09. The number of amides is 1. The number of nitrogens with one attached hydrogen (secondary N) is 1. The Bertz CT molecular complexity index is 931. The molecule has 2 aromatic rings. The maximum Gasteiger partial charge on any atom is 0.329 e. The fraction of sp³-hybridized carbons (Fsp3) is 0.467. The van der Waals surface area contributed by atoms with Crippen LogP contribution < -0.4 is 21.9 Å². The SMILES string of the molecule is C=CCn1c(N2CCN(CC(N)=O)CC2)nc2c1c(=O)[nH]c(=O)n2C. The van der Waals surface area contributed by atoms with Gasteiger partial charge >= 0.3 is 5.69 Å². The number of primary amides is 1. The van der Waals surface area contributed by atoms with Crippen LogP contribution in [0.5, 0.6) is 0 Å². The molecule has 3 N–H and O–H groups in total. The summed E-state index contributed by atoms with van der Waals surface area (Å²) in [4.78, 5) is 46.0. The number of carbonyl (C=O) groups excluding carboxylic acids is 1. The molecule has 1 saturated heterocycles. The zero-order valence-electron chi connectivity index (χ0n) is 14.1. The Balaban J connectivity index is 2.01. The average Bonchev–Trinajstić information content (AvgIpc) is 2.93. The molecular formula is C15H21N7O3. The second-order valence-corrected chi connectivity index (χ2v) is 6.03. The molecule has 0 saturated carbocycles.